The van der Waals surface area contributed by atoms with E-state index in [9.17, 15) is 19.2 Å². The van der Waals surface area contributed by atoms with Crippen LogP contribution < -0.4 is 31.2 Å². The number of carbonyl (C=O) groups is 4. The van der Waals surface area contributed by atoms with E-state index in [2.05, 4.69) is 22.0 Å². The van der Waals surface area contributed by atoms with Gasteiger partial charge in [0.25, 0.3) is 0 Å². The first-order valence-corrected chi connectivity index (χ1v) is 17.2. The van der Waals surface area contributed by atoms with Gasteiger partial charge in [-0.2, -0.15) is 0 Å². The average molecular weight is 695 g/mol. The van der Waals surface area contributed by atoms with Crippen molar-refractivity contribution in [3.63, 3.8) is 0 Å². The number of nitrogens with one attached hydrogen (secondary N) is 3. The molecule has 0 aromatic heterocycles. The number of esters is 1. The molecule has 1 aliphatic heterocycles. The molecule has 0 fully saturated rings. The molecule has 0 saturated heterocycles. The molecule has 0 saturated carbocycles. The van der Waals surface area contributed by atoms with Crippen LogP contribution in [0, 0.1) is 0 Å². The minimum Gasteiger partial charge on any atom is -0.496 e. The fourth-order valence-electron chi connectivity index (χ4n) is 6.82. The maximum atomic E-state index is 14.1. The Hall–Kier alpha value is -5.42. The Kier molecular flexibility index (Phi) is 12.3. The number of methoxy groups -OCH3 is 3. The Balaban J connectivity index is 1.78. The van der Waals surface area contributed by atoms with Crippen LogP contribution in [0.4, 0.5) is 0 Å². The van der Waals surface area contributed by atoms with E-state index < -0.39 is 41.8 Å². The molecule has 1 heterocycles. The minimum atomic E-state index is -1.07. The van der Waals surface area contributed by atoms with Crippen molar-refractivity contribution in [2.24, 2.45) is 5.73 Å². The number of carbonyl (C=O) groups excluding carboxylic acids is 4. The van der Waals surface area contributed by atoms with Crippen molar-refractivity contribution < 1.29 is 33.4 Å². The summed E-state index contributed by atoms with van der Waals surface area (Å²) in [5, 5.41) is 12.2. The quantitative estimate of drug-likeness (QED) is 0.119. The molecule has 5 N–H and O–H groups in total. The van der Waals surface area contributed by atoms with Gasteiger partial charge in [-0.15, -0.1) is 0 Å². The zero-order chi connectivity index (χ0) is 36.5. The van der Waals surface area contributed by atoms with E-state index in [1.54, 1.807) is 14.2 Å². The number of ether oxygens (including phenoxy) is 3. The Morgan fingerprint density at radius 3 is 2.02 bits per heavy atom. The summed E-state index contributed by atoms with van der Waals surface area (Å²) in [5.41, 5.74) is 8.92. The molecular formula is C40H46N4O7. The normalized spacial score (nSPS) is 18.3. The Morgan fingerprint density at radius 2 is 1.43 bits per heavy atom. The maximum absolute atomic E-state index is 14.1. The van der Waals surface area contributed by atoms with Crippen LogP contribution in [0.1, 0.15) is 43.7 Å². The van der Waals surface area contributed by atoms with E-state index in [1.165, 1.54) is 14.0 Å². The zero-order valence-electron chi connectivity index (χ0n) is 29.5. The molecule has 268 valence electrons. The molecule has 1 aliphatic rings. The summed E-state index contributed by atoms with van der Waals surface area (Å²) in [6.07, 6.45) is 5.89. The van der Waals surface area contributed by atoms with Crippen molar-refractivity contribution in [2.45, 2.75) is 63.6 Å². The Morgan fingerprint density at radius 1 is 0.824 bits per heavy atom. The van der Waals surface area contributed by atoms with Gasteiger partial charge in [0.1, 0.15) is 29.6 Å². The highest BCUT2D eigenvalue weighted by Crippen LogP contribution is 2.48. The third-order valence-corrected chi connectivity index (χ3v) is 9.19. The summed E-state index contributed by atoms with van der Waals surface area (Å²) < 4.78 is 17.4. The predicted molar refractivity (Wildman–Crippen MR) is 198 cm³/mol. The number of hydrogen-bond acceptors (Lipinski definition) is 8. The number of unbranched alkanes of at least 4 members (excludes halogenated alkanes) is 1. The van der Waals surface area contributed by atoms with Crippen LogP contribution in [-0.2, 0) is 36.8 Å². The summed E-state index contributed by atoms with van der Waals surface area (Å²) in [6, 6.07) is 17.0. The fraction of sp³-hybridized carbons (Fsp3) is 0.350. The SMILES string of the molecule is COC(=O)[C@@H]1CC=CCc2cc3ccccc3c(c2OC)-c2c(OC)c(cc3ccccc23)CC(NC(C)=O)C(=O)N[C@@H](CCCCN)C(=O)N1. The van der Waals surface area contributed by atoms with E-state index in [1.807, 2.05) is 66.7 Å². The molecule has 4 aromatic rings. The van der Waals surface area contributed by atoms with E-state index in [0.29, 0.717) is 42.9 Å². The number of hydrogen-bond donors (Lipinski definition) is 4. The summed E-state index contributed by atoms with van der Waals surface area (Å²) >= 11 is 0. The molecule has 4 aromatic carbocycles. The molecular weight excluding hydrogens is 648 g/mol. The number of amides is 3. The van der Waals surface area contributed by atoms with Crippen LogP contribution >= 0.6 is 0 Å². The molecule has 1 unspecified atom stereocenters. The topological polar surface area (TPSA) is 158 Å². The summed E-state index contributed by atoms with van der Waals surface area (Å²) in [5.74, 6) is -0.955. The van der Waals surface area contributed by atoms with Crippen molar-refractivity contribution in [3.8, 4) is 22.6 Å². The van der Waals surface area contributed by atoms with E-state index in [-0.39, 0.29) is 19.3 Å². The van der Waals surface area contributed by atoms with E-state index >= 15 is 0 Å². The van der Waals surface area contributed by atoms with E-state index in [0.717, 1.165) is 38.2 Å². The standard InChI is InChI=1S/C40H46N4O7/c1-24(45)42-33-23-28-22-26-14-6-9-17-30(26)35(37(28)50-3)34-29-16-8-5-13-25(29)21-27(36(34)49-2)15-7-10-19-32(40(48)51-4)44-38(46)31(43-39(33)47)18-11-12-20-41/h5-10,13-14,16-17,21-22,31-33H,11-12,15,18-20,23,41H2,1-4H3,(H,42,45)(H,43,47)(H,44,46)/t31-,32-,33?/m0/s1. The predicted octanol–water partition coefficient (Wildman–Crippen LogP) is 4.50. The lowest BCUT2D eigenvalue weighted by Gasteiger charge is -2.26. The summed E-state index contributed by atoms with van der Waals surface area (Å²) in [6.45, 7) is 1.75. The lowest BCUT2D eigenvalue weighted by molar-refractivity contribution is -0.145. The molecule has 3 amide bonds. The molecule has 0 spiro atoms. The number of benzene rings is 4. The molecule has 51 heavy (non-hydrogen) atoms. The number of allylic oxidation sites excluding steroid dienone is 1. The van der Waals surface area contributed by atoms with Crippen LogP contribution in [0.15, 0.2) is 72.8 Å². The highest BCUT2D eigenvalue weighted by atomic mass is 16.5. The Bertz CT molecular complexity index is 1960. The first kappa shape index (κ1) is 36.9. The highest BCUT2D eigenvalue weighted by Gasteiger charge is 2.31. The largest absolute Gasteiger partial charge is 0.496 e. The Labute approximate surface area is 297 Å². The van der Waals surface area contributed by atoms with Crippen molar-refractivity contribution in [1.29, 1.82) is 0 Å². The summed E-state index contributed by atoms with van der Waals surface area (Å²) in [7, 11) is 4.49. The van der Waals surface area contributed by atoms with E-state index in [4.69, 9.17) is 19.9 Å². The molecule has 5 rings (SSSR count). The average Bonchev–Trinajstić information content (AvgIpc) is 3.13. The second-order valence-electron chi connectivity index (χ2n) is 12.6. The third-order valence-electron chi connectivity index (χ3n) is 9.19. The van der Waals surface area contributed by atoms with Crippen molar-refractivity contribution >= 4 is 45.2 Å². The van der Waals surface area contributed by atoms with Crippen molar-refractivity contribution in [1.82, 2.24) is 16.0 Å². The smallest absolute Gasteiger partial charge is 0.328 e. The first-order chi connectivity index (χ1) is 24.7. The molecule has 0 radical (unpaired) electrons. The number of fused-ring (bicyclic) bond motifs is 9. The fourth-order valence-corrected chi connectivity index (χ4v) is 6.82. The zero-order valence-corrected chi connectivity index (χ0v) is 29.5. The third kappa shape index (κ3) is 8.32. The second kappa shape index (κ2) is 17.0. The van der Waals surface area contributed by atoms with Gasteiger partial charge in [-0.3, -0.25) is 14.4 Å². The van der Waals surface area contributed by atoms with Gasteiger partial charge in [0.2, 0.25) is 17.7 Å². The number of nitrogens with two attached hydrogens (primary N) is 1. The van der Waals surface area contributed by atoms with Crippen LogP contribution in [0.2, 0.25) is 0 Å². The van der Waals surface area contributed by atoms with Gasteiger partial charge in [-0.25, -0.2) is 4.79 Å². The van der Waals surface area contributed by atoms with Crippen molar-refractivity contribution in [2.75, 3.05) is 27.9 Å². The molecule has 3 atom stereocenters. The van der Waals surface area contributed by atoms with Crippen LogP contribution in [0.5, 0.6) is 11.5 Å². The van der Waals surface area contributed by atoms with Crippen molar-refractivity contribution in [3.05, 3.63) is 83.9 Å². The lowest BCUT2D eigenvalue weighted by atomic mass is 9.87. The van der Waals surface area contributed by atoms with Gasteiger partial charge in [0.05, 0.1) is 21.3 Å². The van der Waals surface area contributed by atoms with Gasteiger partial charge < -0.3 is 35.9 Å². The van der Waals surface area contributed by atoms with Gasteiger partial charge in [0, 0.05) is 24.5 Å². The maximum Gasteiger partial charge on any atom is 0.328 e. The van der Waals surface area contributed by atoms with Crippen LogP contribution in [0.3, 0.4) is 0 Å². The lowest BCUT2D eigenvalue weighted by Crippen LogP contribution is -2.56. The molecule has 11 nitrogen and oxygen atoms in total. The van der Waals surface area contributed by atoms with Crippen LogP contribution in [-0.4, -0.2) is 69.7 Å². The van der Waals surface area contributed by atoms with Gasteiger partial charge in [0.15, 0.2) is 0 Å². The first-order valence-electron chi connectivity index (χ1n) is 17.2. The molecule has 11 heteroatoms. The van der Waals surface area contributed by atoms with Crippen LogP contribution in [0.25, 0.3) is 32.7 Å². The second-order valence-corrected chi connectivity index (χ2v) is 12.6. The van der Waals surface area contributed by atoms with Gasteiger partial charge in [-0.1, -0.05) is 60.7 Å². The molecule has 4 bridgehead atoms. The minimum absolute atomic E-state index is 0.0526. The van der Waals surface area contributed by atoms with Gasteiger partial charge >= 0.3 is 5.97 Å². The summed E-state index contributed by atoms with van der Waals surface area (Å²) in [4.78, 5) is 53.2. The molecule has 0 aliphatic carbocycles. The van der Waals surface area contributed by atoms with Gasteiger partial charge in [-0.05, 0) is 83.5 Å². The highest BCUT2D eigenvalue weighted by molar-refractivity contribution is 6.11. The monoisotopic (exact) mass is 694 g/mol. The number of rotatable bonds is 8.